The van der Waals surface area contributed by atoms with Crippen molar-refractivity contribution in [3.8, 4) is 0 Å². The lowest BCUT2D eigenvalue weighted by Crippen LogP contribution is -2.56. The molecule has 0 bridgehead atoms. The molecule has 1 aliphatic rings. The summed E-state index contributed by atoms with van der Waals surface area (Å²) in [5.41, 5.74) is 2.22. The number of fused-ring (bicyclic) bond motifs is 1. The molecular formula is C21H20FN3O2. The van der Waals surface area contributed by atoms with Crippen molar-refractivity contribution in [3.05, 3.63) is 66.1 Å². The highest BCUT2D eigenvalue weighted by molar-refractivity contribution is 6.28. The number of nitrogens with zero attached hydrogens (tertiary/aromatic N) is 2. The molecular weight excluding hydrogens is 345 g/mol. The quantitative estimate of drug-likeness (QED) is 0.558. The van der Waals surface area contributed by atoms with Crippen molar-refractivity contribution in [2.45, 2.75) is 12.6 Å². The summed E-state index contributed by atoms with van der Waals surface area (Å²) in [4.78, 5) is 30.4. The first-order valence-electron chi connectivity index (χ1n) is 8.94. The normalized spacial score (nSPS) is 18.0. The van der Waals surface area contributed by atoms with Crippen molar-refractivity contribution in [2.75, 3.05) is 24.5 Å². The van der Waals surface area contributed by atoms with E-state index in [1.807, 2.05) is 41.3 Å². The summed E-state index contributed by atoms with van der Waals surface area (Å²) in [6.07, 6.45) is 2.05. The first kappa shape index (κ1) is 17.4. The Kier molecular flexibility index (Phi) is 4.73. The van der Waals surface area contributed by atoms with Gasteiger partial charge in [0, 0.05) is 43.4 Å². The molecule has 1 aromatic heterocycles. The number of rotatable bonds is 5. The van der Waals surface area contributed by atoms with Crippen molar-refractivity contribution in [1.29, 1.82) is 0 Å². The molecule has 138 valence electrons. The van der Waals surface area contributed by atoms with Gasteiger partial charge < -0.3 is 9.88 Å². The number of H-pyrrole nitrogens is 1. The number of nitrogens with one attached hydrogen (secondary N) is 1. The highest BCUT2D eigenvalue weighted by Gasteiger charge is 2.32. The third-order valence-corrected chi connectivity index (χ3v) is 5.09. The van der Waals surface area contributed by atoms with Crippen LogP contribution in [-0.2, 0) is 16.1 Å². The molecule has 2 aromatic carbocycles. The monoisotopic (exact) mass is 365 g/mol. The SMILES string of the molecule is O=CC(=O)C1CN(Cc2ccccc2)CCN1c1cc(F)c2[nH]ccc2c1. The maximum Gasteiger partial charge on any atom is 0.218 e. The molecule has 0 radical (unpaired) electrons. The highest BCUT2D eigenvalue weighted by atomic mass is 19.1. The molecule has 2 heterocycles. The Bertz CT molecular complexity index is 970. The molecule has 0 amide bonds. The number of aldehydes is 1. The summed E-state index contributed by atoms with van der Waals surface area (Å²) in [6, 6.07) is 14.5. The van der Waals surface area contributed by atoms with Gasteiger partial charge in [0.15, 0.2) is 6.29 Å². The third-order valence-electron chi connectivity index (χ3n) is 5.09. The van der Waals surface area contributed by atoms with Crippen LogP contribution in [0.3, 0.4) is 0 Å². The molecule has 3 aromatic rings. The maximum atomic E-state index is 14.4. The van der Waals surface area contributed by atoms with E-state index in [1.165, 1.54) is 6.07 Å². The summed E-state index contributed by atoms with van der Waals surface area (Å²) in [5, 5.41) is 0.744. The second-order valence-corrected chi connectivity index (χ2v) is 6.82. The van der Waals surface area contributed by atoms with Gasteiger partial charge in [-0.2, -0.15) is 0 Å². The molecule has 1 fully saturated rings. The lowest BCUT2D eigenvalue weighted by Gasteiger charge is -2.41. The van der Waals surface area contributed by atoms with E-state index in [2.05, 4.69) is 9.88 Å². The first-order valence-corrected chi connectivity index (χ1v) is 8.94. The van der Waals surface area contributed by atoms with E-state index in [4.69, 9.17) is 0 Å². The number of aromatic nitrogens is 1. The van der Waals surface area contributed by atoms with Gasteiger partial charge >= 0.3 is 0 Å². The Labute approximate surface area is 156 Å². The summed E-state index contributed by atoms with van der Waals surface area (Å²) in [5.74, 6) is -0.848. The van der Waals surface area contributed by atoms with Gasteiger partial charge in [0.2, 0.25) is 5.78 Å². The van der Waals surface area contributed by atoms with E-state index in [9.17, 15) is 14.0 Å². The molecule has 1 atom stereocenters. The van der Waals surface area contributed by atoms with E-state index in [0.29, 0.717) is 37.1 Å². The second kappa shape index (κ2) is 7.32. The fraction of sp³-hybridized carbons (Fsp3) is 0.238. The number of ketones is 1. The highest BCUT2D eigenvalue weighted by Crippen LogP contribution is 2.28. The molecule has 1 N–H and O–H groups in total. The number of carbonyl (C=O) groups excluding carboxylic acids is 2. The van der Waals surface area contributed by atoms with Crippen molar-refractivity contribution >= 4 is 28.7 Å². The molecule has 0 spiro atoms. The Morgan fingerprint density at radius 2 is 2.00 bits per heavy atom. The van der Waals surface area contributed by atoms with Gasteiger partial charge in [-0.15, -0.1) is 0 Å². The van der Waals surface area contributed by atoms with Crippen LogP contribution in [0.5, 0.6) is 0 Å². The van der Waals surface area contributed by atoms with Crippen molar-refractivity contribution in [1.82, 2.24) is 9.88 Å². The number of piperazine rings is 1. The van der Waals surface area contributed by atoms with Gasteiger partial charge in [-0.3, -0.25) is 14.5 Å². The zero-order chi connectivity index (χ0) is 18.8. The molecule has 1 unspecified atom stereocenters. The number of benzene rings is 2. The van der Waals surface area contributed by atoms with Gasteiger partial charge in [-0.25, -0.2) is 4.39 Å². The van der Waals surface area contributed by atoms with Crippen molar-refractivity contribution < 1.29 is 14.0 Å². The fourth-order valence-corrected chi connectivity index (χ4v) is 3.73. The van der Waals surface area contributed by atoms with Crippen molar-refractivity contribution in [3.63, 3.8) is 0 Å². The van der Waals surface area contributed by atoms with E-state index >= 15 is 0 Å². The minimum absolute atomic E-state index is 0.364. The van der Waals surface area contributed by atoms with Crippen LogP contribution in [0.1, 0.15) is 5.56 Å². The lowest BCUT2D eigenvalue weighted by atomic mass is 10.0. The van der Waals surface area contributed by atoms with Crippen LogP contribution in [0.15, 0.2) is 54.7 Å². The number of anilines is 1. The van der Waals surface area contributed by atoms with Crippen LogP contribution in [0.2, 0.25) is 0 Å². The van der Waals surface area contributed by atoms with E-state index in [0.717, 1.165) is 17.5 Å². The summed E-state index contributed by atoms with van der Waals surface area (Å²) < 4.78 is 14.4. The molecule has 4 rings (SSSR count). The maximum absolute atomic E-state index is 14.4. The summed E-state index contributed by atoms with van der Waals surface area (Å²) in [7, 11) is 0. The predicted octanol–water partition coefficient (Wildman–Crippen LogP) is 2.77. The third kappa shape index (κ3) is 3.48. The number of halogens is 1. The number of aromatic amines is 1. The Morgan fingerprint density at radius 1 is 1.19 bits per heavy atom. The minimum atomic E-state index is -0.615. The summed E-state index contributed by atoms with van der Waals surface area (Å²) in [6.45, 7) is 2.42. The average Bonchev–Trinajstić information content (AvgIpc) is 3.17. The Hall–Kier alpha value is -2.99. The van der Waals surface area contributed by atoms with Crippen molar-refractivity contribution in [2.24, 2.45) is 0 Å². The van der Waals surface area contributed by atoms with Crippen LogP contribution in [-0.4, -0.2) is 47.6 Å². The minimum Gasteiger partial charge on any atom is -0.359 e. The average molecular weight is 365 g/mol. The number of Topliss-reactive ketones (excluding diaryl/α,β-unsaturated/α-hetero) is 1. The smallest absolute Gasteiger partial charge is 0.218 e. The zero-order valence-electron chi connectivity index (χ0n) is 14.8. The van der Waals surface area contributed by atoms with Crippen LogP contribution in [0, 0.1) is 5.82 Å². The molecule has 1 aliphatic heterocycles. The Morgan fingerprint density at radius 3 is 2.78 bits per heavy atom. The van der Waals surface area contributed by atoms with E-state index in [1.54, 1.807) is 12.3 Å². The largest absolute Gasteiger partial charge is 0.359 e. The molecule has 0 aliphatic carbocycles. The van der Waals surface area contributed by atoms with Crippen LogP contribution < -0.4 is 4.90 Å². The standard InChI is InChI=1S/C21H20FN3O2/c22-18-11-17(10-16-6-7-23-21(16)18)25-9-8-24(13-19(25)20(27)14-26)12-15-4-2-1-3-5-15/h1-7,10-11,14,19,23H,8-9,12-13H2. The number of carbonyl (C=O) groups is 2. The predicted molar refractivity (Wildman–Crippen MR) is 102 cm³/mol. The first-order chi connectivity index (χ1) is 13.2. The van der Waals surface area contributed by atoms with Gasteiger partial charge in [0.25, 0.3) is 0 Å². The molecule has 5 nitrogen and oxygen atoms in total. The van der Waals surface area contributed by atoms with Gasteiger partial charge in [0.1, 0.15) is 11.9 Å². The van der Waals surface area contributed by atoms with Gasteiger partial charge in [-0.1, -0.05) is 30.3 Å². The van der Waals surface area contributed by atoms with Crippen LogP contribution in [0.4, 0.5) is 10.1 Å². The lowest BCUT2D eigenvalue weighted by molar-refractivity contribution is -0.131. The van der Waals surface area contributed by atoms with Crippen LogP contribution >= 0.6 is 0 Å². The Balaban J connectivity index is 1.60. The second-order valence-electron chi connectivity index (χ2n) is 6.82. The van der Waals surface area contributed by atoms with E-state index < -0.39 is 11.8 Å². The summed E-state index contributed by atoms with van der Waals surface area (Å²) >= 11 is 0. The van der Waals surface area contributed by atoms with Gasteiger partial charge in [0.05, 0.1) is 5.52 Å². The topological polar surface area (TPSA) is 56.4 Å². The number of hydrogen-bond acceptors (Lipinski definition) is 4. The molecule has 27 heavy (non-hydrogen) atoms. The number of hydrogen-bond donors (Lipinski definition) is 1. The van der Waals surface area contributed by atoms with Crippen LogP contribution in [0.25, 0.3) is 10.9 Å². The van der Waals surface area contributed by atoms with Gasteiger partial charge in [-0.05, 0) is 23.8 Å². The zero-order valence-corrected chi connectivity index (χ0v) is 14.8. The molecule has 0 saturated carbocycles. The molecule has 6 heteroatoms. The van der Waals surface area contributed by atoms with E-state index in [-0.39, 0.29) is 5.82 Å². The molecule has 1 saturated heterocycles. The fourth-order valence-electron chi connectivity index (χ4n) is 3.73.